The van der Waals surface area contributed by atoms with Gasteiger partial charge in [0.15, 0.2) is 5.82 Å². The van der Waals surface area contributed by atoms with Crippen LogP contribution in [0.3, 0.4) is 0 Å². The number of hydrogen-bond donors (Lipinski definition) is 3. The molecule has 0 bridgehead atoms. The summed E-state index contributed by atoms with van der Waals surface area (Å²) in [6.07, 6.45) is 0.895. The lowest BCUT2D eigenvalue weighted by atomic mass is 10.2. The van der Waals surface area contributed by atoms with Crippen molar-refractivity contribution in [1.29, 1.82) is 0 Å². The van der Waals surface area contributed by atoms with Crippen LogP contribution in [-0.2, 0) is 10.0 Å². The molecule has 1 fully saturated rings. The number of likely N-dealkylation sites (N-methyl/N-ethyl adjacent to an activating group) is 1. The lowest BCUT2D eigenvalue weighted by Crippen LogP contribution is -2.29. The average molecular weight is 498 g/mol. The van der Waals surface area contributed by atoms with Gasteiger partial charge in [-0.25, -0.2) is 17.2 Å². The van der Waals surface area contributed by atoms with Crippen molar-refractivity contribution < 1.29 is 21.7 Å². The van der Waals surface area contributed by atoms with Crippen LogP contribution in [0.15, 0.2) is 45.8 Å². The number of nitrogens with one attached hydrogen (secondary N) is 3. The average Bonchev–Trinajstić information content (AvgIpc) is 3.40. The molecule has 1 aliphatic heterocycles. The standard InChI is InChI=1S/C21H22ClF2N5O3S/c1-12-7-21(27-32-12)28-33(30,31)20-9-15(22)18(10-16(20)24)26-17-4-3-13(23)8-19(17)29-6-5-14(11-29)25-2/h3-4,7-10,14,25-26H,5-6,11H2,1-2H3,(H,27,28). The van der Waals surface area contributed by atoms with E-state index in [1.807, 2.05) is 11.9 Å². The van der Waals surface area contributed by atoms with E-state index < -0.39 is 26.6 Å². The molecule has 0 radical (unpaired) electrons. The Kier molecular flexibility index (Phi) is 6.46. The number of aryl methyl sites for hydroxylation is 1. The number of benzene rings is 2. The molecule has 1 saturated heterocycles. The van der Waals surface area contributed by atoms with Gasteiger partial charge in [-0.2, -0.15) is 0 Å². The highest BCUT2D eigenvalue weighted by Crippen LogP contribution is 2.36. The second-order valence-electron chi connectivity index (χ2n) is 7.70. The van der Waals surface area contributed by atoms with Crippen molar-refractivity contribution in [3.8, 4) is 0 Å². The topological polar surface area (TPSA) is 99.5 Å². The molecule has 8 nitrogen and oxygen atoms in total. The van der Waals surface area contributed by atoms with Gasteiger partial charge in [-0.05, 0) is 44.7 Å². The lowest BCUT2D eigenvalue weighted by Gasteiger charge is -2.23. The van der Waals surface area contributed by atoms with E-state index in [-0.39, 0.29) is 22.6 Å². The number of anilines is 4. The second-order valence-corrected chi connectivity index (χ2v) is 9.76. The summed E-state index contributed by atoms with van der Waals surface area (Å²) in [6, 6.07) is 7.83. The molecule has 4 rings (SSSR count). The quantitative estimate of drug-likeness (QED) is 0.448. The summed E-state index contributed by atoms with van der Waals surface area (Å²) >= 11 is 6.30. The minimum absolute atomic E-state index is 0.0297. The predicted molar refractivity (Wildman–Crippen MR) is 123 cm³/mol. The molecule has 12 heteroatoms. The molecule has 0 amide bonds. The Hall–Kier alpha value is -2.89. The van der Waals surface area contributed by atoms with E-state index in [4.69, 9.17) is 16.1 Å². The molecule has 0 aliphatic carbocycles. The monoisotopic (exact) mass is 497 g/mol. The summed E-state index contributed by atoms with van der Waals surface area (Å²) in [5, 5.41) is 9.73. The molecule has 33 heavy (non-hydrogen) atoms. The SMILES string of the molecule is CNC1CCN(c2cc(F)ccc2Nc2cc(F)c(S(=O)(=O)Nc3cc(C)on3)cc2Cl)C1. The molecule has 0 spiro atoms. The molecular weight excluding hydrogens is 476 g/mol. The first-order valence-corrected chi connectivity index (χ1v) is 12.0. The van der Waals surface area contributed by atoms with E-state index in [1.54, 1.807) is 6.92 Å². The first-order valence-electron chi connectivity index (χ1n) is 10.1. The van der Waals surface area contributed by atoms with E-state index in [0.717, 1.165) is 25.1 Å². The molecule has 1 unspecified atom stereocenters. The van der Waals surface area contributed by atoms with Gasteiger partial charge < -0.3 is 20.1 Å². The molecule has 3 aromatic rings. The lowest BCUT2D eigenvalue weighted by molar-refractivity contribution is 0.400. The Labute approximate surface area is 194 Å². The number of halogens is 3. The number of hydrogen-bond acceptors (Lipinski definition) is 7. The first kappa shape index (κ1) is 23.3. The summed E-state index contributed by atoms with van der Waals surface area (Å²) < 4.78 is 61.0. The number of aromatic nitrogens is 1. The van der Waals surface area contributed by atoms with Crippen LogP contribution in [0.2, 0.25) is 5.02 Å². The van der Waals surface area contributed by atoms with Gasteiger partial charge in [0.05, 0.1) is 22.1 Å². The molecular formula is C21H22ClF2N5O3S. The van der Waals surface area contributed by atoms with E-state index in [2.05, 4.69) is 20.5 Å². The summed E-state index contributed by atoms with van der Waals surface area (Å²) in [6.45, 7) is 2.99. The largest absolute Gasteiger partial charge is 0.368 e. The zero-order valence-corrected chi connectivity index (χ0v) is 19.4. The highest BCUT2D eigenvalue weighted by molar-refractivity contribution is 7.92. The molecule has 1 aromatic heterocycles. The van der Waals surface area contributed by atoms with Gasteiger partial charge in [-0.1, -0.05) is 16.8 Å². The Morgan fingerprint density at radius 2 is 1.97 bits per heavy atom. The molecule has 1 aliphatic rings. The predicted octanol–water partition coefficient (Wildman–Crippen LogP) is 4.26. The smallest absolute Gasteiger partial charge is 0.266 e. The molecule has 2 aromatic carbocycles. The van der Waals surface area contributed by atoms with E-state index in [1.165, 1.54) is 24.3 Å². The van der Waals surface area contributed by atoms with Crippen molar-refractivity contribution >= 4 is 44.5 Å². The summed E-state index contributed by atoms with van der Waals surface area (Å²) in [5.74, 6) is -1.11. The zero-order chi connectivity index (χ0) is 23.8. The van der Waals surface area contributed by atoms with Gasteiger partial charge in [0.1, 0.15) is 22.3 Å². The molecule has 3 N–H and O–H groups in total. The van der Waals surface area contributed by atoms with Crippen LogP contribution in [0, 0.1) is 18.6 Å². The zero-order valence-electron chi connectivity index (χ0n) is 17.8. The van der Waals surface area contributed by atoms with E-state index >= 15 is 0 Å². The van der Waals surface area contributed by atoms with Crippen LogP contribution in [0.1, 0.15) is 12.2 Å². The van der Waals surface area contributed by atoms with E-state index in [9.17, 15) is 17.2 Å². The highest BCUT2D eigenvalue weighted by atomic mass is 35.5. The normalized spacial score (nSPS) is 16.3. The van der Waals surface area contributed by atoms with Crippen molar-refractivity contribution in [1.82, 2.24) is 10.5 Å². The second kappa shape index (κ2) is 9.16. The Morgan fingerprint density at radius 3 is 2.64 bits per heavy atom. The third kappa shape index (κ3) is 5.05. The highest BCUT2D eigenvalue weighted by Gasteiger charge is 2.25. The van der Waals surface area contributed by atoms with Crippen molar-refractivity contribution in [2.45, 2.75) is 24.3 Å². The third-order valence-corrected chi connectivity index (χ3v) is 7.03. The van der Waals surface area contributed by atoms with Crippen molar-refractivity contribution in [3.63, 3.8) is 0 Å². The fourth-order valence-corrected chi connectivity index (χ4v) is 5.02. The van der Waals surface area contributed by atoms with Crippen molar-refractivity contribution in [2.75, 3.05) is 35.1 Å². The van der Waals surface area contributed by atoms with Gasteiger partial charge in [0, 0.05) is 31.3 Å². The van der Waals surface area contributed by atoms with Gasteiger partial charge in [-0.3, -0.25) is 4.72 Å². The van der Waals surface area contributed by atoms with Crippen LogP contribution in [0.4, 0.5) is 31.7 Å². The third-order valence-electron chi connectivity index (χ3n) is 5.34. The fourth-order valence-electron chi connectivity index (χ4n) is 3.67. The van der Waals surface area contributed by atoms with Crippen LogP contribution in [0.25, 0.3) is 0 Å². The maximum atomic E-state index is 14.9. The van der Waals surface area contributed by atoms with Gasteiger partial charge in [-0.15, -0.1) is 0 Å². The summed E-state index contributed by atoms with van der Waals surface area (Å²) in [7, 11) is -2.43. The van der Waals surface area contributed by atoms with Crippen LogP contribution >= 0.6 is 11.6 Å². The van der Waals surface area contributed by atoms with Crippen LogP contribution in [-0.4, -0.2) is 39.8 Å². The van der Waals surface area contributed by atoms with Crippen molar-refractivity contribution in [3.05, 3.63) is 58.8 Å². The van der Waals surface area contributed by atoms with Crippen LogP contribution in [0.5, 0.6) is 0 Å². The van der Waals surface area contributed by atoms with Gasteiger partial charge >= 0.3 is 0 Å². The Bertz CT molecular complexity index is 1280. The first-order chi connectivity index (χ1) is 15.7. The molecule has 1 atom stereocenters. The minimum atomic E-state index is -4.30. The Morgan fingerprint density at radius 1 is 1.18 bits per heavy atom. The molecule has 2 heterocycles. The number of nitrogens with zero attached hydrogens (tertiary/aromatic N) is 2. The maximum Gasteiger partial charge on any atom is 0.266 e. The van der Waals surface area contributed by atoms with Gasteiger partial charge in [0.25, 0.3) is 10.0 Å². The molecule has 0 saturated carbocycles. The number of rotatable bonds is 7. The Balaban J connectivity index is 1.62. The maximum absolute atomic E-state index is 14.9. The summed E-state index contributed by atoms with van der Waals surface area (Å²) in [5.41, 5.74) is 1.26. The van der Waals surface area contributed by atoms with Crippen molar-refractivity contribution in [2.24, 2.45) is 0 Å². The number of sulfonamides is 1. The fraction of sp³-hybridized carbons (Fsp3) is 0.286. The van der Waals surface area contributed by atoms with E-state index in [0.29, 0.717) is 23.7 Å². The van der Waals surface area contributed by atoms with Crippen LogP contribution < -0.4 is 20.3 Å². The van der Waals surface area contributed by atoms with Gasteiger partial charge in [0.2, 0.25) is 0 Å². The minimum Gasteiger partial charge on any atom is -0.368 e. The summed E-state index contributed by atoms with van der Waals surface area (Å²) in [4.78, 5) is 1.37. The molecule has 176 valence electrons.